The third-order valence-corrected chi connectivity index (χ3v) is 6.52. The van der Waals surface area contributed by atoms with E-state index < -0.39 is 15.8 Å². The maximum absolute atomic E-state index is 12.5. The van der Waals surface area contributed by atoms with Gasteiger partial charge in [-0.2, -0.15) is 0 Å². The molecule has 0 bridgehead atoms. The molecule has 2 aliphatic rings. The molecule has 1 amide bonds. The van der Waals surface area contributed by atoms with Gasteiger partial charge in [0, 0.05) is 16.6 Å². The van der Waals surface area contributed by atoms with Crippen molar-refractivity contribution in [2.75, 3.05) is 18.1 Å². The highest BCUT2D eigenvalue weighted by molar-refractivity contribution is 9.10. The number of ether oxygens (including phenoxy) is 1. The van der Waals surface area contributed by atoms with Crippen molar-refractivity contribution in [2.24, 2.45) is 0 Å². The van der Waals surface area contributed by atoms with Crippen molar-refractivity contribution in [1.82, 2.24) is 4.90 Å². The molecule has 0 radical (unpaired) electrons. The number of carbonyl (C=O) groups excluding carboxylic acids is 2. The molecule has 0 spiro atoms. The topological polar surface area (TPSA) is 80.8 Å². The van der Waals surface area contributed by atoms with Gasteiger partial charge in [0.1, 0.15) is 0 Å². The molecular weight excluding hydrogens is 398 g/mol. The van der Waals surface area contributed by atoms with Gasteiger partial charge in [-0.25, -0.2) is 13.2 Å². The maximum atomic E-state index is 12.5. The van der Waals surface area contributed by atoms with Gasteiger partial charge in [-0.1, -0.05) is 15.9 Å². The van der Waals surface area contributed by atoms with E-state index in [1.165, 1.54) is 0 Å². The van der Waals surface area contributed by atoms with Gasteiger partial charge < -0.3 is 9.64 Å². The Bertz CT molecular complexity index is 742. The zero-order valence-electron chi connectivity index (χ0n) is 13.0. The normalized spacial score (nSPS) is 22.1. The van der Waals surface area contributed by atoms with E-state index in [1.54, 1.807) is 29.2 Å². The molecule has 1 aliphatic carbocycles. The van der Waals surface area contributed by atoms with Crippen LogP contribution in [0.3, 0.4) is 0 Å². The lowest BCUT2D eigenvalue weighted by molar-refractivity contribution is -0.137. The highest BCUT2D eigenvalue weighted by atomic mass is 79.9. The second kappa shape index (κ2) is 6.84. The van der Waals surface area contributed by atoms with Crippen LogP contribution in [-0.4, -0.2) is 55.4 Å². The van der Waals surface area contributed by atoms with Crippen LogP contribution in [0.15, 0.2) is 28.7 Å². The quantitative estimate of drug-likeness (QED) is 0.684. The SMILES string of the molecule is O=C(OCC(=O)N(C1CC1)[C@H]1CCS(=O)(=O)C1)c1ccc(Br)cc1. The zero-order chi connectivity index (χ0) is 17.3. The van der Waals surface area contributed by atoms with Crippen molar-refractivity contribution in [3.63, 3.8) is 0 Å². The Kier molecular flexibility index (Phi) is 4.96. The molecule has 1 aliphatic heterocycles. The van der Waals surface area contributed by atoms with Crippen LogP contribution in [-0.2, 0) is 19.4 Å². The largest absolute Gasteiger partial charge is 0.452 e. The van der Waals surface area contributed by atoms with Crippen LogP contribution >= 0.6 is 15.9 Å². The lowest BCUT2D eigenvalue weighted by atomic mass is 10.2. The Morgan fingerprint density at radius 2 is 1.79 bits per heavy atom. The van der Waals surface area contributed by atoms with E-state index in [2.05, 4.69) is 15.9 Å². The zero-order valence-corrected chi connectivity index (χ0v) is 15.4. The Morgan fingerprint density at radius 3 is 2.33 bits per heavy atom. The Morgan fingerprint density at radius 1 is 1.12 bits per heavy atom. The summed E-state index contributed by atoms with van der Waals surface area (Å²) in [5, 5.41) is 0. The number of carbonyl (C=O) groups is 2. The summed E-state index contributed by atoms with van der Waals surface area (Å²) >= 11 is 3.28. The molecule has 130 valence electrons. The highest BCUT2D eigenvalue weighted by Gasteiger charge is 2.42. The number of halogens is 1. The van der Waals surface area contributed by atoms with Crippen LogP contribution in [0.25, 0.3) is 0 Å². The summed E-state index contributed by atoms with van der Waals surface area (Å²) in [5.41, 5.74) is 0.368. The fourth-order valence-corrected chi connectivity index (χ4v) is 4.90. The fourth-order valence-electron chi connectivity index (χ4n) is 2.92. The predicted molar refractivity (Wildman–Crippen MR) is 91.4 cm³/mol. The van der Waals surface area contributed by atoms with Crippen molar-refractivity contribution in [1.29, 1.82) is 0 Å². The lowest BCUT2D eigenvalue weighted by Gasteiger charge is -2.28. The first-order valence-electron chi connectivity index (χ1n) is 7.80. The molecule has 1 saturated heterocycles. The molecule has 1 saturated carbocycles. The molecule has 8 heteroatoms. The summed E-state index contributed by atoms with van der Waals surface area (Å²) in [4.78, 5) is 26.1. The molecule has 1 atom stereocenters. The van der Waals surface area contributed by atoms with Crippen LogP contribution < -0.4 is 0 Å². The molecule has 24 heavy (non-hydrogen) atoms. The second-order valence-electron chi connectivity index (χ2n) is 6.17. The van der Waals surface area contributed by atoms with Crippen molar-refractivity contribution in [2.45, 2.75) is 31.3 Å². The van der Waals surface area contributed by atoms with E-state index in [4.69, 9.17) is 4.74 Å². The molecule has 1 heterocycles. The van der Waals surface area contributed by atoms with Gasteiger partial charge in [0.2, 0.25) is 0 Å². The third kappa shape index (κ3) is 4.16. The molecular formula is C16H18BrNO5S. The number of hydrogen-bond acceptors (Lipinski definition) is 5. The van der Waals surface area contributed by atoms with Gasteiger partial charge in [-0.15, -0.1) is 0 Å². The monoisotopic (exact) mass is 415 g/mol. The summed E-state index contributed by atoms with van der Waals surface area (Å²) in [5.74, 6) is -0.751. The number of esters is 1. The first-order valence-corrected chi connectivity index (χ1v) is 10.4. The summed E-state index contributed by atoms with van der Waals surface area (Å²) in [6.07, 6.45) is 2.22. The van der Waals surface area contributed by atoms with Gasteiger partial charge in [-0.3, -0.25) is 4.79 Å². The molecule has 2 fully saturated rings. The minimum atomic E-state index is -3.06. The number of rotatable bonds is 5. The minimum absolute atomic E-state index is 0.00982. The molecule has 0 unspecified atom stereocenters. The van der Waals surface area contributed by atoms with E-state index in [0.717, 1.165) is 17.3 Å². The number of benzene rings is 1. The third-order valence-electron chi connectivity index (χ3n) is 4.24. The van der Waals surface area contributed by atoms with E-state index in [-0.39, 0.29) is 36.1 Å². The fraction of sp³-hybridized carbons (Fsp3) is 0.500. The van der Waals surface area contributed by atoms with E-state index in [1.807, 2.05) is 0 Å². The molecule has 0 aromatic heterocycles. The summed E-state index contributed by atoms with van der Waals surface area (Å²) in [6, 6.07) is 6.46. The molecule has 3 rings (SSSR count). The standard InChI is InChI=1S/C16H18BrNO5S/c17-12-3-1-11(2-4-12)16(20)23-9-15(19)18(13-5-6-13)14-7-8-24(21,22)10-14/h1-4,13-14H,5-10H2/t14-/m0/s1. The van der Waals surface area contributed by atoms with E-state index in [9.17, 15) is 18.0 Å². The Labute approximate surface area is 149 Å². The number of sulfone groups is 1. The Balaban J connectivity index is 1.60. The highest BCUT2D eigenvalue weighted by Crippen LogP contribution is 2.32. The van der Waals surface area contributed by atoms with Crippen LogP contribution in [0.1, 0.15) is 29.6 Å². The number of nitrogens with zero attached hydrogens (tertiary/aromatic N) is 1. The van der Waals surface area contributed by atoms with Gasteiger partial charge in [0.05, 0.1) is 17.1 Å². The first-order chi connectivity index (χ1) is 11.4. The first kappa shape index (κ1) is 17.4. The van der Waals surface area contributed by atoms with Gasteiger partial charge >= 0.3 is 5.97 Å². The van der Waals surface area contributed by atoms with E-state index in [0.29, 0.717) is 12.0 Å². The summed E-state index contributed by atoms with van der Waals surface area (Å²) in [6.45, 7) is -0.359. The summed E-state index contributed by atoms with van der Waals surface area (Å²) in [7, 11) is -3.06. The number of hydrogen-bond donors (Lipinski definition) is 0. The van der Waals surface area contributed by atoms with Crippen molar-refractivity contribution in [3.05, 3.63) is 34.3 Å². The van der Waals surface area contributed by atoms with Crippen LogP contribution in [0.5, 0.6) is 0 Å². The average Bonchev–Trinajstić information content (AvgIpc) is 3.29. The molecule has 6 nitrogen and oxygen atoms in total. The molecule has 1 aromatic carbocycles. The van der Waals surface area contributed by atoms with E-state index >= 15 is 0 Å². The average molecular weight is 416 g/mol. The van der Waals surface area contributed by atoms with Crippen LogP contribution in [0.4, 0.5) is 0 Å². The summed E-state index contributed by atoms with van der Waals surface area (Å²) < 4.78 is 29.3. The second-order valence-corrected chi connectivity index (χ2v) is 9.32. The molecule has 0 N–H and O–H groups in total. The van der Waals surface area contributed by atoms with Crippen LogP contribution in [0.2, 0.25) is 0 Å². The van der Waals surface area contributed by atoms with Gasteiger partial charge in [0.25, 0.3) is 5.91 Å². The van der Waals surface area contributed by atoms with Crippen molar-refractivity contribution in [3.8, 4) is 0 Å². The van der Waals surface area contributed by atoms with Gasteiger partial charge in [-0.05, 0) is 43.5 Å². The smallest absolute Gasteiger partial charge is 0.338 e. The Hall–Kier alpha value is -1.41. The van der Waals surface area contributed by atoms with Crippen molar-refractivity contribution >= 4 is 37.6 Å². The van der Waals surface area contributed by atoms with Crippen LogP contribution in [0, 0.1) is 0 Å². The van der Waals surface area contributed by atoms with Gasteiger partial charge in [0.15, 0.2) is 16.4 Å². The van der Waals surface area contributed by atoms with Crippen molar-refractivity contribution < 1.29 is 22.7 Å². The lowest BCUT2D eigenvalue weighted by Crippen LogP contribution is -2.44. The number of amides is 1. The predicted octanol–water partition coefficient (Wildman–Crippen LogP) is 1.78. The minimum Gasteiger partial charge on any atom is -0.452 e. The molecule has 1 aromatic rings. The maximum Gasteiger partial charge on any atom is 0.338 e.